The van der Waals surface area contributed by atoms with Gasteiger partial charge in [-0.25, -0.2) is 21.6 Å². The van der Waals surface area contributed by atoms with E-state index in [1.54, 1.807) is 45.0 Å². The molecule has 0 saturated heterocycles. The summed E-state index contributed by atoms with van der Waals surface area (Å²) in [5.74, 6) is 0.0497. The van der Waals surface area contributed by atoms with Crippen molar-refractivity contribution < 1.29 is 16.8 Å². The number of nitrogens with one attached hydrogen (secondary N) is 1. The molecule has 0 radical (unpaired) electrons. The first kappa shape index (κ1) is 19.1. The van der Waals surface area contributed by atoms with Crippen molar-refractivity contribution in [1.29, 1.82) is 0 Å². The lowest BCUT2D eigenvalue weighted by Crippen LogP contribution is -2.30. The Hall–Kier alpha value is -0.960. The molecule has 0 heterocycles. The molecule has 1 rings (SSSR count). The largest absolute Gasteiger partial charge is 0.243 e. The molecule has 0 aromatic heterocycles. The van der Waals surface area contributed by atoms with Gasteiger partial charge >= 0.3 is 0 Å². The SMILES string of the molecule is CCN(CC)S(=O)(=O)c1ccc(CCNS(=O)(=O)CC)cc1. The summed E-state index contributed by atoms with van der Waals surface area (Å²) in [5.41, 5.74) is 0.886. The number of nitrogens with zero attached hydrogens (tertiary/aromatic N) is 1. The Morgan fingerprint density at radius 1 is 0.955 bits per heavy atom. The highest BCUT2D eigenvalue weighted by Gasteiger charge is 2.21. The molecule has 1 aromatic carbocycles. The predicted octanol–water partition coefficient (Wildman–Crippen LogP) is 1.20. The highest BCUT2D eigenvalue weighted by Crippen LogP contribution is 2.16. The van der Waals surface area contributed by atoms with Gasteiger partial charge in [-0.1, -0.05) is 26.0 Å². The maximum Gasteiger partial charge on any atom is 0.243 e. The molecule has 0 spiro atoms. The van der Waals surface area contributed by atoms with E-state index in [-0.39, 0.29) is 10.6 Å². The number of sulfonamides is 2. The van der Waals surface area contributed by atoms with E-state index in [9.17, 15) is 16.8 Å². The average molecular weight is 348 g/mol. The summed E-state index contributed by atoms with van der Waals surface area (Å²) in [5, 5.41) is 0. The van der Waals surface area contributed by atoms with Crippen LogP contribution >= 0.6 is 0 Å². The molecule has 8 heteroatoms. The van der Waals surface area contributed by atoms with Crippen LogP contribution in [0.3, 0.4) is 0 Å². The Labute approximate surface area is 133 Å². The maximum atomic E-state index is 12.3. The zero-order valence-corrected chi connectivity index (χ0v) is 14.9. The Kier molecular flexibility index (Phi) is 6.98. The molecule has 0 amide bonds. The van der Waals surface area contributed by atoms with Gasteiger partial charge in [0.15, 0.2) is 0 Å². The predicted molar refractivity (Wildman–Crippen MR) is 87.7 cm³/mol. The second-order valence-corrected chi connectivity index (χ2v) is 8.81. The summed E-state index contributed by atoms with van der Waals surface area (Å²) in [4.78, 5) is 0.258. The number of hydrogen-bond donors (Lipinski definition) is 1. The lowest BCUT2D eigenvalue weighted by atomic mass is 10.2. The summed E-state index contributed by atoms with van der Waals surface area (Å²) < 4.78 is 51.2. The van der Waals surface area contributed by atoms with E-state index in [0.29, 0.717) is 26.1 Å². The van der Waals surface area contributed by atoms with Crippen LogP contribution in [-0.2, 0) is 26.5 Å². The van der Waals surface area contributed by atoms with E-state index in [0.717, 1.165) is 5.56 Å². The van der Waals surface area contributed by atoms with Crippen molar-refractivity contribution in [3.8, 4) is 0 Å². The highest BCUT2D eigenvalue weighted by molar-refractivity contribution is 7.89. The van der Waals surface area contributed by atoms with Crippen LogP contribution in [-0.4, -0.2) is 46.5 Å². The minimum Gasteiger partial charge on any atom is -0.215 e. The molecule has 0 bridgehead atoms. The van der Waals surface area contributed by atoms with E-state index in [1.165, 1.54) is 4.31 Å². The first-order chi connectivity index (χ1) is 10.3. The first-order valence-electron chi connectivity index (χ1n) is 7.33. The van der Waals surface area contributed by atoms with Gasteiger partial charge in [0.05, 0.1) is 10.6 Å². The van der Waals surface area contributed by atoms with Crippen LogP contribution in [0.2, 0.25) is 0 Å². The quantitative estimate of drug-likeness (QED) is 0.727. The fraction of sp³-hybridized carbons (Fsp3) is 0.571. The van der Waals surface area contributed by atoms with Crippen LogP contribution < -0.4 is 4.72 Å². The van der Waals surface area contributed by atoms with Crippen molar-refractivity contribution in [1.82, 2.24) is 9.03 Å². The molecular weight excluding hydrogens is 324 g/mol. The van der Waals surface area contributed by atoms with Crippen LogP contribution in [0.5, 0.6) is 0 Å². The summed E-state index contributed by atoms with van der Waals surface area (Å²) in [6.45, 7) is 6.34. The fourth-order valence-corrected chi connectivity index (χ4v) is 4.07. The molecule has 126 valence electrons. The number of hydrogen-bond acceptors (Lipinski definition) is 4. The summed E-state index contributed by atoms with van der Waals surface area (Å²) >= 11 is 0. The molecule has 0 aliphatic carbocycles. The Balaban J connectivity index is 2.75. The van der Waals surface area contributed by atoms with Crippen molar-refractivity contribution in [2.45, 2.75) is 32.1 Å². The standard InChI is InChI=1S/C14H24N2O4S2/c1-4-16(5-2)22(19,20)14-9-7-13(8-10-14)11-12-15-21(17,18)6-3/h7-10,15H,4-6,11-12H2,1-3H3. The monoisotopic (exact) mass is 348 g/mol. The zero-order chi connectivity index (χ0) is 16.8. The van der Waals surface area contributed by atoms with E-state index in [4.69, 9.17) is 0 Å². The minimum atomic E-state index is -3.44. The lowest BCUT2D eigenvalue weighted by molar-refractivity contribution is 0.445. The Morgan fingerprint density at radius 3 is 1.95 bits per heavy atom. The third-order valence-corrected chi connectivity index (χ3v) is 6.85. The average Bonchev–Trinajstić information content (AvgIpc) is 2.48. The molecule has 0 atom stereocenters. The van der Waals surface area contributed by atoms with E-state index < -0.39 is 20.0 Å². The van der Waals surface area contributed by atoms with E-state index in [1.807, 2.05) is 0 Å². The molecule has 0 aliphatic heterocycles. The number of benzene rings is 1. The van der Waals surface area contributed by atoms with Gasteiger partial charge in [0.2, 0.25) is 20.0 Å². The minimum absolute atomic E-state index is 0.0497. The van der Waals surface area contributed by atoms with Gasteiger partial charge in [0.1, 0.15) is 0 Å². The van der Waals surface area contributed by atoms with E-state index in [2.05, 4.69) is 4.72 Å². The smallest absolute Gasteiger partial charge is 0.215 e. The van der Waals surface area contributed by atoms with E-state index >= 15 is 0 Å². The van der Waals surface area contributed by atoms with Gasteiger partial charge in [-0.2, -0.15) is 4.31 Å². The van der Waals surface area contributed by atoms with Gasteiger partial charge in [0.25, 0.3) is 0 Å². The lowest BCUT2D eigenvalue weighted by Gasteiger charge is -2.18. The molecule has 0 unspecified atom stereocenters. The third-order valence-electron chi connectivity index (χ3n) is 3.38. The van der Waals surface area contributed by atoms with Crippen molar-refractivity contribution >= 4 is 20.0 Å². The molecule has 0 saturated carbocycles. The zero-order valence-electron chi connectivity index (χ0n) is 13.2. The van der Waals surface area contributed by atoms with Crippen LogP contribution in [0.4, 0.5) is 0 Å². The van der Waals surface area contributed by atoms with Gasteiger partial charge in [0, 0.05) is 19.6 Å². The summed E-state index contributed by atoms with van der Waals surface area (Å²) in [6, 6.07) is 6.57. The summed E-state index contributed by atoms with van der Waals surface area (Å²) in [6.07, 6.45) is 0.519. The third kappa shape index (κ3) is 5.05. The number of rotatable bonds is 9. The topological polar surface area (TPSA) is 83.6 Å². The van der Waals surface area contributed by atoms with Gasteiger partial charge in [-0.15, -0.1) is 0 Å². The van der Waals surface area contributed by atoms with Crippen molar-refractivity contribution in [2.75, 3.05) is 25.4 Å². The molecule has 1 N–H and O–H groups in total. The first-order valence-corrected chi connectivity index (χ1v) is 10.4. The normalized spacial score (nSPS) is 12.7. The second-order valence-electron chi connectivity index (χ2n) is 4.78. The van der Waals surface area contributed by atoms with Gasteiger partial charge < -0.3 is 0 Å². The maximum absolute atomic E-state index is 12.3. The molecule has 0 aliphatic rings. The molecular formula is C14H24N2O4S2. The summed E-state index contributed by atoms with van der Waals surface area (Å²) in [7, 11) is -6.64. The Bertz CT molecular complexity index is 663. The fourth-order valence-electron chi connectivity index (χ4n) is 1.99. The molecule has 6 nitrogen and oxygen atoms in total. The molecule has 22 heavy (non-hydrogen) atoms. The van der Waals surface area contributed by atoms with Crippen molar-refractivity contribution in [2.24, 2.45) is 0 Å². The van der Waals surface area contributed by atoms with Crippen LogP contribution in [0.1, 0.15) is 26.3 Å². The second kappa shape index (κ2) is 8.05. The van der Waals surface area contributed by atoms with Crippen LogP contribution in [0.15, 0.2) is 29.2 Å². The van der Waals surface area contributed by atoms with Crippen molar-refractivity contribution in [3.63, 3.8) is 0 Å². The van der Waals surface area contributed by atoms with Crippen LogP contribution in [0.25, 0.3) is 0 Å². The molecule has 0 fully saturated rings. The van der Waals surface area contributed by atoms with Gasteiger partial charge in [-0.05, 0) is 31.0 Å². The van der Waals surface area contributed by atoms with Crippen LogP contribution in [0, 0.1) is 0 Å². The van der Waals surface area contributed by atoms with Gasteiger partial charge in [-0.3, -0.25) is 0 Å². The molecule has 1 aromatic rings. The van der Waals surface area contributed by atoms with Crippen molar-refractivity contribution in [3.05, 3.63) is 29.8 Å². The highest BCUT2D eigenvalue weighted by atomic mass is 32.2. The Morgan fingerprint density at radius 2 is 1.50 bits per heavy atom.